The Hall–Kier alpha value is -0.430. The first kappa shape index (κ1) is 14.6. The van der Waals surface area contributed by atoms with Crippen molar-refractivity contribution in [2.45, 2.75) is 19.4 Å². The standard InChI is InChI=1S/C10H12BrN3OS.ClH/c1-6(12-2)5-8-13-10(15-14-8)9-7(11)3-4-16-9;/h3-4,6,12H,5H2,1-2H3;1H. The van der Waals surface area contributed by atoms with Gasteiger partial charge in [-0.1, -0.05) is 5.16 Å². The zero-order valence-corrected chi connectivity index (χ0v) is 12.7. The fourth-order valence-electron chi connectivity index (χ4n) is 1.25. The SMILES string of the molecule is CNC(C)Cc1noc(-c2sccc2Br)n1.Cl. The van der Waals surface area contributed by atoms with Crippen LogP contribution in [0, 0.1) is 0 Å². The van der Waals surface area contributed by atoms with Crippen LogP contribution in [-0.4, -0.2) is 23.2 Å². The molecule has 0 radical (unpaired) electrons. The number of halogens is 2. The quantitative estimate of drug-likeness (QED) is 0.930. The summed E-state index contributed by atoms with van der Waals surface area (Å²) >= 11 is 5.03. The Balaban J connectivity index is 0.00000144. The molecule has 1 unspecified atom stereocenters. The minimum atomic E-state index is 0. The molecule has 0 aromatic carbocycles. The third-order valence-corrected chi connectivity index (χ3v) is 4.09. The summed E-state index contributed by atoms with van der Waals surface area (Å²) in [4.78, 5) is 5.35. The maximum Gasteiger partial charge on any atom is 0.269 e. The third-order valence-electron chi connectivity index (χ3n) is 2.26. The van der Waals surface area contributed by atoms with E-state index in [4.69, 9.17) is 4.52 Å². The van der Waals surface area contributed by atoms with Gasteiger partial charge in [-0.05, 0) is 41.3 Å². The van der Waals surface area contributed by atoms with Crippen molar-refractivity contribution in [1.29, 1.82) is 0 Å². The molecule has 17 heavy (non-hydrogen) atoms. The summed E-state index contributed by atoms with van der Waals surface area (Å²) in [5, 5.41) is 9.09. The van der Waals surface area contributed by atoms with Crippen LogP contribution in [0.2, 0.25) is 0 Å². The molecule has 0 saturated carbocycles. The third kappa shape index (κ3) is 3.51. The summed E-state index contributed by atoms with van der Waals surface area (Å²) in [7, 11) is 1.92. The fourth-order valence-corrected chi connectivity index (χ4v) is 2.71. The first-order valence-corrected chi connectivity index (χ1v) is 6.61. The summed E-state index contributed by atoms with van der Waals surface area (Å²) in [5.74, 6) is 1.32. The van der Waals surface area contributed by atoms with E-state index in [0.29, 0.717) is 11.9 Å². The number of aromatic nitrogens is 2. The molecule has 1 atom stereocenters. The van der Waals surface area contributed by atoms with Crippen LogP contribution in [0.15, 0.2) is 20.4 Å². The second-order valence-electron chi connectivity index (χ2n) is 3.51. The van der Waals surface area contributed by atoms with Gasteiger partial charge >= 0.3 is 0 Å². The molecular formula is C10H13BrClN3OS. The molecule has 1 N–H and O–H groups in total. The van der Waals surface area contributed by atoms with Gasteiger partial charge in [0.05, 0.1) is 0 Å². The summed E-state index contributed by atoms with van der Waals surface area (Å²) in [5.41, 5.74) is 0. The van der Waals surface area contributed by atoms with Gasteiger partial charge in [0.25, 0.3) is 5.89 Å². The Labute approximate surface area is 118 Å². The molecule has 4 nitrogen and oxygen atoms in total. The number of rotatable bonds is 4. The molecule has 0 aliphatic carbocycles. The van der Waals surface area contributed by atoms with Crippen LogP contribution in [0.4, 0.5) is 0 Å². The molecule has 94 valence electrons. The lowest BCUT2D eigenvalue weighted by Crippen LogP contribution is -2.24. The van der Waals surface area contributed by atoms with Crippen LogP contribution < -0.4 is 5.32 Å². The van der Waals surface area contributed by atoms with E-state index in [1.165, 1.54) is 0 Å². The summed E-state index contributed by atoms with van der Waals surface area (Å²) < 4.78 is 6.22. The Morgan fingerprint density at radius 2 is 2.35 bits per heavy atom. The van der Waals surface area contributed by atoms with E-state index in [-0.39, 0.29) is 12.4 Å². The number of thiophene rings is 1. The second-order valence-corrected chi connectivity index (χ2v) is 5.28. The minimum Gasteiger partial charge on any atom is -0.333 e. The molecule has 0 saturated heterocycles. The van der Waals surface area contributed by atoms with E-state index in [9.17, 15) is 0 Å². The molecule has 0 aliphatic rings. The van der Waals surface area contributed by atoms with Gasteiger partial charge in [-0.15, -0.1) is 23.7 Å². The predicted molar refractivity (Wildman–Crippen MR) is 74.8 cm³/mol. The van der Waals surface area contributed by atoms with Crippen molar-refractivity contribution >= 4 is 39.7 Å². The summed E-state index contributed by atoms with van der Waals surface area (Å²) in [6, 6.07) is 2.32. The molecule has 0 spiro atoms. The zero-order chi connectivity index (χ0) is 11.5. The predicted octanol–water partition coefficient (Wildman–Crippen LogP) is 3.13. The maximum atomic E-state index is 5.23. The summed E-state index contributed by atoms with van der Waals surface area (Å²) in [6.45, 7) is 2.08. The molecule has 2 rings (SSSR count). The molecular weight excluding hydrogens is 326 g/mol. The van der Waals surface area contributed by atoms with Crippen LogP contribution in [0.5, 0.6) is 0 Å². The average molecular weight is 339 g/mol. The van der Waals surface area contributed by atoms with Crippen LogP contribution in [0.3, 0.4) is 0 Å². The number of likely N-dealkylation sites (N-methyl/N-ethyl adjacent to an activating group) is 1. The van der Waals surface area contributed by atoms with Crippen LogP contribution in [0.25, 0.3) is 10.8 Å². The summed E-state index contributed by atoms with van der Waals surface area (Å²) in [6.07, 6.45) is 0.767. The number of hydrogen-bond donors (Lipinski definition) is 1. The lowest BCUT2D eigenvalue weighted by Gasteiger charge is -2.04. The lowest BCUT2D eigenvalue weighted by atomic mass is 10.2. The van der Waals surface area contributed by atoms with Gasteiger partial charge in [0, 0.05) is 16.9 Å². The van der Waals surface area contributed by atoms with Gasteiger partial charge in [-0.3, -0.25) is 0 Å². The molecule has 0 aliphatic heterocycles. The van der Waals surface area contributed by atoms with E-state index in [1.54, 1.807) is 11.3 Å². The fraction of sp³-hybridized carbons (Fsp3) is 0.400. The van der Waals surface area contributed by atoms with Crippen molar-refractivity contribution in [1.82, 2.24) is 15.5 Å². The minimum absolute atomic E-state index is 0. The molecule has 2 heterocycles. The molecule has 0 fully saturated rings. The molecule has 2 aromatic rings. The van der Waals surface area contributed by atoms with Crippen molar-refractivity contribution in [3.05, 3.63) is 21.7 Å². The van der Waals surface area contributed by atoms with Crippen molar-refractivity contribution in [2.75, 3.05) is 7.05 Å². The largest absolute Gasteiger partial charge is 0.333 e. The normalized spacial score (nSPS) is 12.2. The zero-order valence-electron chi connectivity index (χ0n) is 9.44. The molecule has 0 amide bonds. The Bertz CT molecular complexity index is 474. The highest BCUT2D eigenvalue weighted by molar-refractivity contribution is 9.10. The smallest absolute Gasteiger partial charge is 0.269 e. The lowest BCUT2D eigenvalue weighted by molar-refractivity contribution is 0.419. The maximum absolute atomic E-state index is 5.23. The number of nitrogens with one attached hydrogen (secondary N) is 1. The highest BCUT2D eigenvalue weighted by Gasteiger charge is 2.14. The molecule has 0 bridgehead atoms. The second kappa shape index (κ2) is 6.49. The first-order valence-electron chi connectivity index (χ1n) is 4.94. The van der Waals surface area contributed by atoms with Crippen molar-refractivity contribution in [2.24, 2.45) is 0 Å². The Morgan fingerprint density at radius 1 is 1.59 bits per heavy atom. The number of nitrogens with zero attached hydrogens (tertiary/aromatic N) is 2. The van der Waals surface area contributed by atoms with E-state index >= 15 is 0 Å². The number of hydrogen-bond acceptors (Lipinski definition) is 5. The van der Waals surface area contributed by atoms with E-state index in [0.717, 1.165) is 21.6 Å². The van der Waals surface area contributed by atoms with Crippen molar-refractivity contribution in [3.63, 3.8) is 0 Å². The Kier molecular flexibility index (Phi) is 5.58. The van der Waals surface area contributed by atoms with Gasteiger partial charge < -0.3 is 9.84 Å². The van der Waals surface area contributed by atoms with E-state index in [2.05, 4.69) is 38.3 Å². The van der Waals surface area contributed by atoms with Crippen molar-refractivity contribution in [3.8, 4) is 10.8 Å². The highest BCUT2D eigenvalue weighted by Crippen LogP contribution is 2.32. The van der Waals surface area contributed by atoms with Gasteiger partial charge in [0.2, 0.25) is 0 Å². The topological polar surface area (TPSA) is 51.0 Å². The molecule has 7 heteroatoms. The first-order chi connectivity index (χ1) is 7.70. The molecule has 2 aromatic heterocycles. The van der Waals surface area contributed by atoms with Gasteiger partial charge in [-0.25, -0.2) is 0 Å². The highest BCUT2D eigenvalue weighted by atomic mass is 79.9. The van der Waals surface area contributed by atoms with E-state index < -0.39 is 0 Å². The van der Waals surface area contributed by atoms with Crippen LogP contribution in [0.1, 0.15) is 12.7 Å². The average Bonchev–Trinajstić information content (AvgIpc) is 2.86. The van der Waals surface area contributed by atoms with Crippen LogP contribution in [-0.2, 0) is 6.42 Å². The van der Waals surface area contributed by atoms with Gasteiger partial charge in [0.1, 0.15) is 4.88 Å². The van der Waals surface area contributed by atoms with Crippen molar-refractivity contribution < 1.29 is 4.52 Å². The van der Waals surface area contributed by atoms with Crippen LogP contribution >= 0.6 is 39.7 Å². The van der Waals surface area contributed by atoms with Gasteiger partial charge in [-0.2, -0.15) is 4.98 Å². The van der Waals surface area contributed by atoms with E-state index in [1.807, 2.05) is 18.5 Å². The monoisotopic (exact) mass is 337 g/mol. The Morgan fingerprint density at radius 3 is 2.94 bits per heavy atom. The van der Waals surface area contributed by atoms with Gasteiger partial charge in [0.15, 0.2) is 5.82 Å².